The first-order chi connectivity index (χ1) is 20.3. The van der Waals surface area contributed by atoms with Crippen LogP contribution in [0, 0.1) is 0 Å². The molecule has 3 heteroatoms. The van der Waals surface area contributed by atoms with E-state index >= 15 is 0 Å². The Bertz CT molecular complexity index is 2480. The lowest BCUT2D eigenvalue weighted by atomic mass is 9.95. The average Bonchev–Trinajstić information content (AvgIpc) is 3.41. The van der Waals surface area contributed by atoms with Crippen LogP contribution >= 0.6 is 0 Å². The number of hydrogen-bond donors (Lipinski definition) is 0. The third-order valence-electron chi connectivity index (χ3n) is 8.26. The number of hydrogen-bond acceptors (Lipinski definition) is 3. The molecule has 3 nitrogen and oxygen atoms in total. The smallest absolute Gasteiger partial charge is 0.246 e. The van der Waals surface area contributed by atoms with E-state index in [9.17, 15) is 0 Å². The van der Waals surface area contributed by atoms with Gasteiger partial charge >= 0.3 is 0 Å². The monoisotopic (exact) mass is 522 g/mol. The molecule has 7 aromatic carbocycles. The maximum Gasteiger partial charge on any atom is 0.246 e. The van der Waals surface area contributed by atoms with Gasteiger partial charge in [0.2, 0.25) is 5.71 Å². The Morgan fingerprint density at radius 3 is 1.80 bits per heavy atom. The normalized spacial score (nSPS) is 11.9. The van der Waals surface area contributed by atoms with E-state index in [2.05, 4.69) is 127 Å². The highest BCUT2D eigenvalue weighted by Gasteiger charge is 2.17. The summed E-state index contributed by atoms with van der Waals surface area (Å²) in [4.78, 5) is 10.3. The molecule has 0 amide bonds. The first kappa shape index (κ1) is 22.3. The van der Waals surface area contributed by atoms with Crippen molar-refractivity contribution in [3.8, 4) is 22.3 Å². The maximum atomic E-state index is 6.28. The standard InChI is InChI=1S/C38H22N2O/c1-2-13-27-23(9-1)10-8-18-28(27)26-12-7-11-24(21-26)25-19-20-34-33(22-25)37-38(41-34)40-36-32-17-6-4-15-30(32)29-14-3-5-16-31(29)35(36)39-37/h1-22H. The second kappa shape index (κ2) is 8.48. The van der Waals surface area contributed by atoms with Crippen molar-refractivity contribution in [2.75, 3.05) is 0 Å². The van der Waals surface area contributed by atoms with Crippen molar-refractivity contribution in [2.24, 2.45) is 0 Å². The van der Waals surface area contributed by atoms with Crippen LogP contribution in [0.5, 0.6) is 0 Å². The van der Waals surface area contributed by atoms with Gasteiger partial charge in [0.1, 0.15) is 16.6 Å². The Morgan fingerprint density at radius 2 is 1.00 bits per heavy atom. The molecule has 9 rings (SSSR count). The molecule has 41 heavy (non-hydrogen) atoms. The zero-order valence-corrected chi connectivity index (χ0v) is 22.0. The molecule has 9 aromatic rings. The molecule has 0 unspecified atom stereocenters. The van der Waals surface area contributed by atoms with E-state index in [-0.39, 0.29) is 0 Å². The Labute approximate surface area is 235 Å². The molecule has 0 fully saturated rings. The minimum Gasteiger partial charge on any atom is -0.436 e. The topological polar surface area (TPSA) is 38.9 Å². The molecule has 0 atom stereocenters. The van der Waals surface area contributed by atoms with E-state index < -0.39 is 0 Å². The first-order valence-electron chi connectivity index (χ1n) is 13.8. The van der Waals surface area contributed by atoms with Crippen LogP contribution in [0.4, 0.5) is 0 Å². The molecule has 190 valence electrons. The molecule has 0 N–H and O–H groups in total. The molecule has 0 aliphatic heterocycles. The van der Waals surface area contributed by atoms with Crippen LogP contribution in [0.25, 0.3) is 87.8 Å². The van der Waals surface area contributed by atoms with E-state index in [1.54, 1.807) is 0 Å². The van der Waals surface area contributed by atoms with Crippen molar-refractivity contribution in [1.82, 2.24) is 9.97 Å². The summed E-state index contributed by atoms with van der Waals surface area (Å²) in [5, 5.41) is 8.01. The minimum atomic E-state index is 0.564. The lowest BCUT2D eigenvalue weighted by Gasteiger charge is -2.09. The van der Waals surface area contributed by atoms with Gasteiger partial charge in [0.25, 0.3) is 0 Å². The minimum absolute atomic E-state index is 0.564. The van der Waals surface area contributed by atoms with Gasteiger partial charge in [-0.1, -0.05) is 115 Å². The van der Waals surface area contributed by atoms with Crippen molar-refractivity contribution < 1.29 is 4.42 Å². The zero-order valence-electron chi connectivity index (χ0n) is 22.0. The predicted octanol–water partition coefficient (Wildman–Crippen LogP) is 10.3. The van der Waals surface area contributed by atoms with Gasteiger partial charge in [0, 0.05) is 16.2 Å². The second-order valence-corrected chi connectivity index (χ2v) is 10.6. The first-order valence-corrected chi connectivity index (χ1v) is 13.8. The molecule has 0 aliphatic rings. The van der Waals surface area contributed by atoms with Crippen LogP contribution in [-0.2, 0) is 0 Å². The highest BCUT2D eigenvalue weighted by atomic mass is 16.3. The van der Waals surface area contributed by atoms with Crippen LogP contribution in [-0.4, -0.2) is 9.97 Å². The molecule has 0 radical (unpaired) electrons. The maximum absolute atomic E-state index is 6.28. The van der Waals surface area contributed by atoms with E-state index in [0.717, 1.165) is 49.4 Å². The van der Waals surface area contributed by atoms with Crippen LogP contribution in [0.1, 0.15) is 0 Å². The van der Waals surface area contributed by atoms with Crippen molar-refractivity contribution in [3.63, 3.8) is 0 Å². The largest absolute Gasteiger partial charge is 0.436 e. The number of nitrogens with zero attached hydrogens (tertiary/aromatic N) is 2. The van der Waals surface area contributed by atoms with Gasteiger partial charge in [-0.3, -0.25) is 0 Å². The molecule has 2 heterocycles. The van der Waals surface area contributed by atoms with Gasteiger partial charge < -0.3 is 4.42 Å². The van der Waals surface area contributed by atoms with Gasteiger partial charge in [-0.25, -0.2) is 9.97 Å². The lowest BCUT2D eigenvalue weighted by molar-refractivity contribution is 0.655. The highest BCUT2D eigenvalue weighted by Crippen LogP contribution is 2.38. The van der Waals surface area contributed by atoms with Crippen LogP contribution in [0.15, 0.2) is 138 Å². The summed E-state index contributed by atoms with van der Waals surface area (Å²) in [6, 6.07) is 47.0. The molecular formula is C38H22N2O. The number of furan rings is 1. The summed E-state index contributed by atoms with van der Waals surface area (Å²) in [6.45, 7) is 0. The molecule has 0 saturated carbocycles. The van der Waals surface area contributed by atoms with Gasteiger partial charge in [0.05, 0.1) is 5.52 Å². The number of fused-ring (bicyclic) bond motifs is 10. The Morgan fingerprint density at radius 1 is 0.390 bits per heavy atom. The Hall–Kier alpha value is -5.54. The zero-order chi connectivity index (χ0) is 26.9. The number of aromatic nitrogens is 2. The van der Waals surface area contributed by atoms with Gasteiger partial charge in [-0.05, 0) is 62.0 Å². The van der Waals surface area contributed by atoms with E-state index in [0.29, 0.717) is 5.71 Å². The van der Waals surface area contributed by atoms with Crippen molar-refractivity contribution in [1.29, 1.82) is 0 Å². The Kier molecular flexibility index (Phi) is 4.61. The van der Waals surface area contributed by atoms with Gasteiger partial charge in [-0.15, -0.1) is 0 Å². The number of rotatable bonds is 2. The fourth-order valence-electron chi connectivity index (χ4n) is 6.32. The fourth-order valence-corrected chi connectivity index (χ4v) is 6.32. The summed E-state index contributed by atoms with van der Waals surface area (Å²) in [5.74, 6) is 0. The summed E-state index contributed by atoms with van der Waals surface area (Å²) in [5.41, 5.74) is 8.61. The summed E-state index contributed by atoms with van der Waals surface area (Å²) in [7, 11) is 0. The summed E-state index contributed by atoms with van der Waals surface area (Å²) >= 11 is 0. The third kappa shape index (κ3) is 3.33. The van der Waals surface area contributed by atoms with E-state index in [4.69, 9.17) is 14.4 Å². The molecule has 0 saturated heterocycles. The van der Waals surface area contributed by atoms with Gasteiger partial charge in [-0.2, -0.15) is 0 Å². The van der Waals surface area contributed by atoms with E-state index in [1.165, 1.54) is 32.7 Å². The second-order valence-electron chi connectivity index (χ2n) is 10.6. The molecule has 0 aliphatic carbocycles. The quantitative estimate of drug-likeness (QED) is 0.212. The van der Waals surface area contributed by atoms with Crippen LogP contribution in [0.2, 0.25) is 0 Å². The fraction of sp³-hybridized carbons (Fsp3) is 0. The van der Waals surface area contributed by atoms with Crippen LogP contribution < -0.4 is 0 Å². The van der Waals surface area contributed by atoms with E-state index in [1.807, 2.05) is 6.07 Å². The van der Waals surface area contributed by atoms with Crippen molar-refractivity contribution in [3.05, 3.63) is 133 Å². The number of benzene rings is 7. The third-order valence-corrected chi connectivity index (χ3v) is 8.26. The molecular weight excluding hydrogens is 500 g/mol. The van der Waals surface area contributed by atoms with Crippen molar-refractivity contribution in [2.45, 2.75) is 0 Å². The highest BCUT2D eigenvalue weighted by molar-refractivity contribution is 6.24. The molecule has 2 aromatic heterocycles. The predicted molar refractivity (Wildman–Crippen MR) is 170 cm³/mol. The Balaban J connectivity index is 1.26. The summed E-state index contributed by atoms with van der Waals surface area (Å²) < 4.78 is 6.28. The SMILES string of the molecule is c1cc(-c2ccc3oc4nc5c6ccccc6c6ccccc6c5nc4c3c2)cc(-c2cccc3ccccc23)c1. The summed E-state index contributed by atoms with van der Waals surface area (Å²) in [6.07, 6.45) is 0. The molecule has 0 spiro atoms. The van der Waals surface area contributed by atoms with Crippen LogP contribution in [0.3, 0.4) is 0 Å². The average molecular weight is 523 g/mol. The van der Waals surface area contributed by atoms with Gasteiger partial charge in [0.15, 0.2) is 0 Å². The lowest BCUT2D eigenvalue weighted by Crippen LogP contribution is -1.89. The molecule has 0 bridgehead atoms. The van der Waals surface area contributed by atoms with Crippen molar-refractivity contribution >= 4 is 65.6 Å².